The molecule has 0 saturated carbocycles. The molecule has 0 radical (unpaired) electrons. The van der Waals surface area contributed by atoms with Crippen molar-refractivity contribution in [1.82, 2.24) is 4.90 Å². The third kappa shape index (κ3) is 3.07. The van der Waals surface area contributed by atoms with Gasteiger partial charge in [-0.3, -0.25) is 14.5 Å². The molecule has 3 aromatic rings. The second-order valence-electron chi connectivity index (χ2n) is 6.51. The third-order valence-corrected chi connectivity index (χ3v) is 4.73. The molecule has 0 aromatic heterocycles. The molecule has 0 N–H and O–H groups in total. The van der Waals surface area contributed by atoms with Crippen LogP contribution in [0.15, 0.2) is 78.9 Å². The Hall–Kier alpha value is -3.73. The van der Waals surface area contributed by atoms with Gasteiger partial charge in [-0.1, -0.05) is 54.6 Å². The zero-order valence-corrected chi connectivity index (χ0v) is 15.2. The van der Waals surface area contributed by atoms with Gasteiger partial charge in [-0.25, -0.2) is 4.79 Å². The van der Waals surface area contributed by atoms with E-state index in [4.69, 9.17) is 4.74 Å². The fourth-order valence-electron chi connectivity index (χ4n) is 3.21. The third-order valence-electron chi connectivity index (χ3n) is 4.73. The Bertz CT molecular complexity index is 1020. The summed E-state index contributed by atoms with van der Waals surface area (Å²) in [5.41, 5.74) is 2.66. The van der Waals surface area contributed by atoms with Crippen molar-refractivity contribution in [2.24, 2.45) is 0 Å². The van der Waals surface area contributed by atoms with Gasteiger partial charge in [0.15, 0.2) is 0 Å². The van der Waals surface area contributed by atoms with Gasteiger partial charge in [-0.2, -0.15) is 0 Å². The van der Waals surface area contributed by atoms with Gasteiger partial charge in [0, 0.05) is 0 Å². The highest BCUT2D eigenvalue weighted by molar-refractivity contribution is 6.22. The molecule has 138 valence electrons. The lowest BCUT2D eigenvalue weighted by Gasteiger charge is -2.20. The van der Waals surface area contributed by atoms with Gasteiger partial charge in [0.25, 0.3) is 11.8 Å². The number of imide groups is 1. The molecule has 3 aromatic carbocycles. The number of amides is 2. The number of nitrogens with zero attached hydrogens (tertiary/aromatic N) is 1. The number of hydrogen-bond acceptors (Lipinski definition) is 4. The van der Waals surface area contributed by atoms with Crippen LogP contribution in [0.2, 0.25) is 0 Å². The van der Waals surface area contributed by atoms with Crippen LogP contribution in [0.5, 0.6) is 5.75 Å². The minimum atomic E-state index is -1.03. The SMILES string of the molecule is C[C@H](C(=O)Oc1ccc(-c2ccccc2)cc1)N1C(=O)c2ccccc2C1=O. The Labute approximate surface area is 162 Å². The second kappa shape index (κ2) is 7.12. The van der Waals surface area contributed by atoms with E-state index in [1.54, 1.807) is 36.4 Å². The van der Waals surface area contributed by atoms with E-state index in [9.17, 15) is 14.4 Å². The molecule has 0 saturated heterocycles. The smallest absolute Gasteiger partial charge is 0.334 e. The molecule has 1 heterocycles. The first-order valence-corrected chi connectivity index (χ1v) is 8.90. The highest BCUT2D eigenvalue weighted by Gasteiger charge is 2.41. The number of hydrogen-bond donors (Lipinski definition) is 0. The molecule has 1 aliphatic rings. The Morgan fingerprint density at radius 1 is 0.750 bits per heavy atom. The summed E-state index contributed by atoms with van der Waals surface area (Å²) in [5.74, 6) is -1.27. The number of rotatable bonds is 4. The normalized spacial score (nSPS) is 14.0. The topological polar surface area (TPSA) is 63.7 Å². The lowest BCUT2D eigenvalue weighted by atomic mass is 10.1. The zero-order valence-electron chi connectivity index (χ0n) is 15.2. The van der Waals surface area contributed by atoms with Crippen molar-refractivity contribution >= 4 is 17.8 Å². The first-order valence-electron chi connectivity index (χ1n) is 8.90. The van der Waals surface area contributed by atoms with Gasteiger partial charge in [0.2, 0.25) is 0 Å². The summed E-state index contributed by atoms with van der Waals surface area (Å²) in [6.07, 6.45) is 0. The second-order valence-corrected chi connectivity index (χ2v) is 6.51. The van der Waals surface area contributed by atoms with Crippen molar-refractivity contribution < 1.29 is 19.1 Å². The molecule has 0 fully saturated rings. The zero-order chi connectivity index (χ0) is 19.7. The molecule has 0 bridgehead atoms. The molecule has 4 rings (SSSR count). The maximum Gasteiger partial charge on any atom is 0.334 e. The van der Waals surface area contributed by atoms with E-state index in [1.807, 2.05) is 42.5 Å². The van der Waals surface area contributed by atoms with Crippen LogP contribution in [-0.2, 0) is 4.79 Å². The van der Waals surface area contributed by atoms with E-state index in [0.717, 1.165) is 16.0 Å². The molecule has 5 nitrogen and oxygen atoms in total. The number of carbonyl (C=O) groups is 3. The van der Waals surface area contributed by atoms with E-state index in [1.165, 1.54) is 6.92 Å². The van der Waals surface area contributed by atoms with E-state index in [0.29, 0.717) is 16.9 Å². The van der Waals surface area contributed by atoms with Crippen molar-refractivity contribution in [3.8, 4) is 16.9 Å². The van der Waals surface area contributed by atoms with Gasteiger partial charge in [0.1, 0.15) is 11.8 Å². The summed E-state index contributed by atoms with van der Waals surface area (Å²) in [6, 6.07) is 22.4. The number of carbonyl (C=O) groups excluding carboxylic acids is 3. The summed E-state index contributed by atoms with van der Waals surface area (Å²) in [6.45, 7) is 1.49. The largest absolute Gasteiger partial charge is 0.425 e. The average molecular weight is 371 g/mol. The maximum absolute atomic E-state index is 12.5. The summed E-state index contributed by atoms with van der Waals surface area (Å²) in [4.78, 5) is 38.5. The molecule has 2 amide bonds. The lowest BCUT2D eigenvalue weighted by Crippen LogP contribution is -2.44. The van der Waals surface area contributed by atoms with Crippen LogP contribution < -0.4 is 4.74 Å². The fourth-order valence-corrected chi connectivity index (χ4v) is 3.21. The van der Waals surface area contributed by atoms with E-state index < -0.39 is 23.8 Å². The van der Waals surface area contributed by atoms with Gasteiger partial charge >= 0.3 is 5.97 Å². The van der Waals surface area contributed by atoms with E-state index >= 15 is 0 Å². The Kier molecular flexibility index (Phi) is 4.49. The van der Waals surface area contributed by atoms with Gasteiger partial charge in [-0.15, -0.1) is 0 Å². The molecule has 0 spiro atoms. The van der Waals surface area contributed by atoms with Crippen LogP contribution in [0.25, 0.3) is 11.1 Å². The van der Waals surface area contributed by atoms with Crippen LogP contribution in [0.4, 0.5) is 0 Å². The molecule has 28 heavy (non-hydrogen) atoms. The first-order chi connectivity index (χ1) is 13.6. The molecule has 0 unspecified atom stereocenters. The Balaban J connectivity index is 1.48. The molecule has 1 aliphatic heterocycles. The van der Waals surface area contributed by atoms with Gasteiger partial charge in [0.05, 0.1) is 11.1 Å². The minimum Gasteiger partial charge on any atom is -0.425 e. The van der Waals surface area contributed by atoms with Crippen LogP contribution in [0, 0.1) is 0 Å². The van der Waals surface area contributed by atoms with Crippen LogP contribution in [0.3, 0.4) is 0 Å². The lowest BCUT2D eigenvalue weighted by molar-refractivity contribution is -0.138. The van der Waals surface area contributed by atoms with Crippen molar-refractivity contribution in [2.45, 2.75) is 13.0 Å². The van der Waals surface area contributed by atoms with Crippen LogP contribution >= 0.6 is 0 Å². The van der Waals surface area contributed by atoms with Crippen LogP contribution in [0.1, 0.15) is 27.6 Å². The van der Waals surface area contributed by atoms with E-state index in [-0.39, 0.29) is 0 Å². The number of ether oxygens (including phenoxy) is 1. The van der Waals surface area contributed by atoms with Crippen molar-refractivity contribution in [1.29, 1.82) is 0 Å². The summed E-state index contributed by atoms with van der Waals surface area (Å²) < 4.78 is 5.39. The number of esters is 1. The summed E-state index contributed by atoms with van der Waals surface area (Å²) in [7, 11) is 0. The van der Waals surface area contributed by atoms with Crippen molar-refractivity contribution in [2.75, 3.05) is 0 Å². The number of benzene rings is 3. The van der Waals surface area contributed by atoms with Crippen molar-refractivity contribution in [3.63, 3.8) is 0 Å². The molecular formula is C23H17NO4. The molecular weight excluding hydrogens is 354 g/mol. The predicted molar refractivity (Wildman–Crippen MR) is 104 cm³/mol. The maximum atomic E-state index is 12.5. The highest BCUT2D eigenvalue weighted by Crippen LogP contribution is 2.26. The van der Waals surface area contributed by atoms with Crippen molar-refractivity contribution in [3.05, 3.63) is 90.0 Å². The summed E-state index contributed by atoms with van der Waals surface area (Å²) in [5, 5.41) is 0. The Morgan fingerprint density at radius 3 is 1.82 bits per heavy atom. The van der Waals surface area contributed by atoms with Crippen LogP contribution in [-0.4, -0.2) is 28.7 Å². The quantitative estimate of drug-likeness (QED) is 0.396. The highest BCUT2D eigenvalue weighted by atomic mass is 16.5. The fraction of sp³-hybridized carbons (Fsp3) is 0.0870. The minimum absolute atomic E-state index is 0.305. The molecule has 0 aliphatic carbocycles. The molecule has 1 atom stereocenters. The predicted octanol–water partition coefficient (Wildman–Crippen LogP) is 3.94. The number of fused-ring (bicyclic) bond motifs is 1. The molecule has 5 heteroatoms. The first kappa shape index (κ1) is 17.7. The van der Waals surface area contributed by atoms with E-state index in [2.05, 4.69) is 0 Å². The Morgan fingerprint density at radius 2 is 1.25 bits per heavy atom. The van der Waals surface area contributed by atoms with Gasteiger partial charge in [-0.05, 0) is 42.3 Å². The summed E-state index contributed by atoms with van der Waals surface area (Å²) >= 11 is 0. The monoisotopic (exact) mass is 371 g/mol. The van der Waals surface area contributed by atoms with Gasteiger partial charge < -0.3 is 4.74 Å². The standard InChI is InChI=1S/C23H17NO4/c1-15(24-21(25)19-9-5-6-10-20(19)22(24)26)23(27)28-18-13-11-17(12-14-18)16-7-3-2-4-8-16/h2-15H,1H3/t15-/m1/s1. The average Bonchev–Trinajstić information content (AvgIpc) is 2.99.